The summed E-state index contributed by atoms with van der Waals surface area (Å²) in [5.41, 5.74) is 5.71. The average Bonchev–Trinajstić information content (AvgIpc) is 2.97. The highest BCUT2D eigenvalue weighted by atomic mass is 16.1. The van der Waals surface area contributed by atoms with Crippen LogP contribution in [-0.4, -0.2) is 5.91 Å². The zero-order chi connectivity index (χ0) is 17.1. The predicted molar refractivity (Wildman–Crippen MR) is 100 cm³/mol. The minimum absolute atomic E-state index is 0.222. The van der Waals surface area contributed by atoms with E-state index in [-0.39, 0.29) is 5.91 Å². The van der Waals surface area contributed by atoms with E-state index in [1.165, 1.54) is 36.1 Å². The van der Waals surface area contributed by atoms with Crippen LogP contribution in [0.2, 0.25) is 0 Å². The third-order valence-corrected chi connectivity index (χ3v) is 6.08. The zero-order valence-electron chi connectivity index (χ0n) is 15.5. The molecule has 24 heavy (non-hydrogen) atoms. The highest BCUT2D eigenvalue weighted by molar-refractivity contribution is 5.80. The molecule has 2 fully saturated rings. The lowest BCUT2D eigenvalue weighted by Gasteiger charge is -2.30. The molecule has 1 saturated carbocycles. The highest BCUT2D eigenvalue weighted by Gasteiger charge is 2.36. The standard InChI is InChI=1S/C22H31NO/c1-4-15(3)11-16-7-6-8-17(12-16)13-19-9-10-20-18(5-2)14-21(24)23-22(19)20/h7,11,13,15,18,20H,4-6,8-10,12,14H2,1-3H3/p+1/b16-11?,17-13-. The number of fused-ring (bicyclic) bond motifs is 1. The summed E-state index contributed by atoms with van der Waals surface area (Å²) in [6, 6.07) is 0. The highest BCUT2D eigenvalue weighted by Crippen LogP contribution is 2.42. The van der Waals surface area contributed by atoms with Gasteiger partial charge >= 0.3 is 0 Å². The van der Waals surface area contributed by atoms with Crippen molar-refractivity contribution in [1.82, 2.24) is 5.32 Å². The molecule has 3 unspecified atom stereocenters. The Hall–Kier alpha value is -1.44. The molecule has 1 saturated heterocycles. The van der Waals surface area contributed by atoms with Crippen LogP contribution >= 0.6 is 0 Å². The average molecular weight is 327 g/mol. The van der Waals surface area contributed by atoms with E-state index in [1.54, 1.807) is 5.57 Å². The van der Waals surface area contributed by atoms with Gasteiger partial charge in [-0.05, 0) is 44.1 Å². The van der Waals surface area contributed by atoms with Gasteiger partial charge in [0.2, 0.25) is 5.91 Å². The number of hydrogen-bond acceptors (Lipinski definition) is 1. The van der Waals surface area contributed by atoms with Gasteiger partial charge in [-0.3, -0.25) is 4.79 Å². The fourth-order valence-corrected chi connectivity index (χ4v) is 4.48. The Morgan fingerprint density at radius 2 is 2.17 bits per heavy atom. The van der Waals surface area contributed by atoms with E-state index in [0.29, 0.717) is 24.2 Å². The number of allylic oxidation sites excluding steroid dienone is 6. The van der Waals surface area contributed by atoms with E-state index in [2.05, 4.69) is 44.7 Å². The summed E-state index contributed by atoms with van der Waals surface area (Å²) in [6.07, 6.45) is 16.1. The van der Waals surface area contributed by atoms with Crippen LogP contribution in [0, 0.1) is 24.2 Å². The van der Waals surface area contributed by atoms with Crippen LogP contribution in [0.5, 0.6) is 0 Å². The molecule has 2 heteroatoms. The number of rotatable bonds is 4. The Labute approximate surface area is 147 Å². The van der Waals surface area contributed by atoms with Crippen molar-refractivity contribution >= 4 is 5.91 Å². The van der Waals surface area contributed by atoms with Crippen molar-refractivity contribution in [3.63, 3.8) is 0 Å². The van der Waals surface area contributed by atoms with E-state index in [1.807, 2.05) is 0 Å². The van der Waals surface area contributed by atoms with Crippen LogP contribution in [0.3, 0.4) is 0 Å². The molecule has 1 aliphatic heterocycles. The van der Waals surface area contributed by atoms with E-state index < -0.39 is 0 Å². The maximum atomic E-state index is 12.0. The first-order chi connectivity index (χ1) is 11.6. The van der Waals surface area contributed by atoms with Gasteiger partial charge in [-0.15, -0.1) is 0 Å². The Morgan fingerprint density at radius 1 is 1.33 bits per heavy atom. The van der Waals surface area contributed by atoms with Gasteiger partial charge < -0.3 is 5.32 Å². The molecule has 3 rings (SSSR count). The number of hydrogen-bond donors (Lipinski definition) is 1. The Morgan fingerprint density at radius 3 is 2.92 bits per heavy atom. The van der Waals surface area contributed by atoms with Crippen LogP contribution < -0.4 is 5.32 Å². The Kier molecular flexibility index (Phi) is 5.53. The molecule has 1 amide bonds. The molecule has 3 aliphatic rings. The summed E-state index contributed by atoms with van der Waals surface area (Å²) in [5.74, 6) is 2.02. The first kappa shape index (κ1) is 17.4. The van der Waals surface area contributed by atoms with Crippen molar-refractivity contribution in [1.29, 1.82) is 0 Å². The van der Waals surface area contributed by atoms with Crippen LogP contribution in [0.15, 0.2) is 34.6 Å². The molecular formula is C22H32NO+. The molecule has 2 aliphatic carbocycles. The number of nitrogens with one attached hydrogen (secondary N) is 1. The van der Waals surface area contributed by atoms with Crippen molar-refractivity contribution in [2.24, 2.45) is 17.8 Å². The van der Waals surface area contributed by atoms with Gasteiger partial charge in [-0.1, -0.05) is 31.9 Å². The summed E-state index contributed by atoms with van der Waals surface area (Å²) in [6.45, 7) is 6.77. The van der Waals surface area contributed by atoms with Crippen molar-refractivity contribution < 1.29 is 4.79 Å². The van der Waals surface area contributed by atoms with E-state index >= 15 is 0 Å². The second kappa shape index (κ2) is 7.63. The molecule has 3 atom stereocenters. The molecule has 130 valence electrons. The zero-order valence-corrected chi connectivity index (χ0v) is 15.5. The Bertz CT molecular complexity index is 581. The number of piperidine rings is 1. The minimum atomic E-state index is 0.222. The third-order valence-electron chi connectivity index (χ3n) is 6.08. The molecule has 0 spiro atoms. The molecule has 2 nitrogen and oxygen atoms in total. The first-order valence-corrected chi connectivity index (χ1v) is 9.86. The van der Waals surface area contributed by atoms with Gasteiger partial charge in [0, 0.05) is 49.3 Å². The maximum Gasteiger partial charge on any atom is 0.224 e. The van der Waals surface area contributed by atoms with Crippen LogP contribution in [0.1, 0.15) is 72.1 Å². The predicted octanol–water partition coefficient (Wildman–Crippen LogP) is 5.48. The molecule has 0 radical (unpaired) electrons. The summed E-state index contributed by atoms with van der Waals surface area (Å²) < 4.78 is 0. The SMILES string of the molecule is CCC(C)C=C1[CH+]CC/C(=C/C2=C3NC(=O)CC(CC)C3CC2)C1. The summed E-state index contributed by atoms with van der Waals surface area (Å²) in [7, 11) is 0. The van der Waals surface area contributed by atoms with Crippen molar-refractivity contribution in [3.8, 4) is 0 Å². The van der Waals surface area contributed by atoms with Crippen molar-refractivity contribution in [3.05, 3.63) is 41.0 Å². The fraction of sp³-hybridized carbons (Fsp3) is 0.636. The fourth-order valence-electron chi connectivity index (χ4n) is 4.48. The maximum absolute atomic E-state index is 12.0. The normalized spacial score (nSPS) is 31.9. The molecule has 1 heterocycles. The van der Waals surface area contributed by atoms with Gasteiger partial charge in [0.25, 0.3) is 0 Å². The van der Waals surface area contributed by atoms with Crippen LogP contribution in [0.4, 0.5) is 0 Å². The smallest absolute Gasteiger partial charge is 0.224 e. The minimum Gasteiger partial charge on any atom is -0.329 e. The van der Waals surface area contributed by atoms with Gasteiger partial charge in [0.05, 0.1) is 0 Å². The van der Waals surface area contributed by atoms with Gasteiger partial charge in [-0.25, -0.2) is 0 Å². The van der Waals surface area contributed by atoms with E-state index in [4.69, 9.17) is 0 Å². The summed E-state index contributed by atoms with van der Waals surface area (Å²) in [5, 5.41) is 3.21. The molecule has 0 aromatic heterocycles. The number of amides is 1. The van der Waals surface area contributed by atoms with Gasteiger partial charge in [-0.2, -0.15) is 0 Å². The lowest BCUT2D eigenvalue weighted by Crippen LogP contribution is -2.37. The van der Waals surface area contributed by atoms with Gasteiger partial charge in [0.15, 0.2) is 0 Å². The lowest BCUT2D eigenvalue weighted by atomic mass is 9.82. The first-order valence-electron chi connectivity index (χ1n) is 9.86. The molecule has 0 aromatic carbocycles. The van der Waals surface area contributed by atoms with Gasteiger partial charge in [0.1, 0.15) is 5.57 Å². The van der Waals surface area contributed by atoms with E-state index in [9.17, 15) is 4.79 Å². The summed E-state index contributed by atoms with van der Waals surface area (Å²) in [4.78, 5) is 12.0. The second-order valence-electron chi connectivity index (χ2n) is 7.85. The topological polar surface area (TPSA) is 29.1 Å². The molecule has 0 aromatic rings. The van der Waals surface area contributed by atoms with Crippen molar-refractivity contribution in [2.45, 2.75) is 72.1 Å². The van der Waals surface area contributed by atoms with Crippen LogP contribution in [-0.2, 0) is 4.79 Å². The Balaban J connectivity index is 1.78. The van der Waals surface area contributed by atoms with Crippen LogP contribution in [0.25, 0.3) is 0 Å². The quantitative estimate of drug-likeness (QED) is 0.681. The largest absolute Gasteiger partial charge is 0.329 e. The molecular weight excluding hydrogens is 294 g/mol. The van der Waals surface area contributed by atoms with Crippen molar-refractivity contribution in [2.75, 3.05) is 0 Å². The third kappa shape index (κ3) is 3.79. The van der Waals surface area contributed by atoms with E-state index in [0.717, 1.165) is 25.7 Å². The second-order valence-corrected chi connectivity index (χ2v) is 7.85. The lowest BCUT2D eigenvalue weighted by molar-refractivity contribution is -0.123. The number of carbonyl (C=O) groups excluding carboxylic acids is 1. The summed E-state index contributed by atoms with van der Waals surface area (Å²) >= 11 is 0. The monoisotopic (exact) mass is 326 g/mol. The molecule has 1 N–H and O–H groups in total. The molecule has 0 bridgehead atoms. The number of carbonyl (C=O) groups is 1.